The van der Waals surface area contributed by atoms with E-state index in [0.717, 1.165) is 73.8 Å². The summed E-state index contributed by atoms with van der Waals surface area (Å²) in [5, 5.41) is 21.7. The molecule has 2 aliphatic heterocycles. The monoisotopic (exact) mass is 818 g/mol. The van der Waals surface area contributed by atoms with E-state index in [1.807, 2.05) is 43.0 Å². The van der Waals surface area contributed by atoms with Gasteiger partial charge in [-0.3, -0.25) is 10.2 Å². The zero-order valence-electron chi connectivity index (χ0n) is 32.0. The van der Waals surface area contributed by atoms with E-state index in [1.165, 1.54) is 44.5 Å². The molecule has 0 radical (unpaired) electrons. The molecule has 5 aromatic carbocycles. The standard InChI is InChI=1S/C27H27N3O.C20H20ClN3.2ClH/c1-31-26-11-7-20(8-12-26)22-3-2-4-25(17-22)27(13-15-28-16-14-27)24-9-5-21(6-10-24)23-18-29-30-19-23;21-19-3-1-2-18(12-19)20(8-10-22-11-9-20)17-6-4-15(5-7-17)16-13-23-24-14-16;;/h2-12,17-19,28H,13-16H2,1H3,(H,29,30);1-7,12-14,22H,8-11H2,(H,23,24);2*1H. The minimum absolute atomic E-state index is 0. The minimum atomic E-state index is 0. The normalized spacial score (nSPS) is 15.5. The van der Waals surface area contributed by atoms with Gasteiger partial charge < -0.3 is 15.4 Å². The topological polar surface area (TPSA) is 90.7 Å². The summed E-state index contributed by atoms with van der Waals surface area (Å²) >= 11 is 6.28. The van der Waals surface area contributed by atoms with Crippen LogP contribution in [-0.2, 0) is 10.8 Å². The van der Waals surface area contributed by atoms with E-state index >= 15 is 0 Å². The number of nitrogens with one attached hydrogen (secondary N) is 4. The molecule has 0 amide bonds. The average molecular weight is 820 g/mol. The highest BCUT2D eigenvalue weighted by Crippen LogP contribution is 2.43. The predicted molar refractivity (Wildman–Crippen MR) is 238 cm³/mol. The van der Waals surface area contributed by atoms with E-state index in [4.69, 9.17) is 16.3 Å². The van der Waals surface area contributed by atoms with Crippen LogP contribution >= 0.6 is 36.4 Å². The molecule has 7 nitrogen and oxygen atoms in total. The lowest BCUT2D eigenvalue weighted by molar-refractivity contribution is 0.362. The molecule has 0 aliphatic carbocycles. The summed E-state index contributed by atoms with van der Waals surface area (Å²) in [7, 11) is 1.70. The Morgan fingerprint density at radius 3 is 1.37 bits per heavy atom. The second-order valence-electron chi connectivity index (χ2n) is 14.6. The van der Waals surface area contributed by atoms with Gasteiger partial charge in [0.25, 0.3) is 0 Å². The first-order chi connectivity index (χ1) is 27.1. The summed E-state index contributed by atoms with van der Waals surface area (Å²) < 4.78 is 5.32. The second kappa shape index (κ2) is 19.0. The van der Waals surface area contributed by atoms with Gasteiger partial charge in [0.05, 0.1) is 19.5 Å². The van der Waals surface area contributed by atoms with Gasteiger partial charge in [-0.05, 0) is 121 Å². The van der Waals surface area contributed by atoms with Crippen molar-refractivity contribution >= 4 is 36.4 Å². The van der Waals surface area contributed by atoms with Crippen molar-refractivity contribution in [1.82, 2.24) is 31.0 Å². The fraction of sp³-hybridized carbons (Fsp3) is 0.234. The third kappa shape index (κ3) is 8.99. The van der Waals surface area contributed by atoms with Crippen LogP contribution in [-0.4, -0.2) is 53.7 Å². The number of rotatable bonds is 8. The highest BCUT2D eigenvalue weighted by molar-refractivity contribution is 6.30. The van der Waals surface area contributed by atoms with E-state index in [2.05, 4.69) is 134 Å². The average Bonchev–Trinajstić information content (AvgIpc) is 4.01. The highest BCUT2D eigenvalue weighted by atomic mass is 35.5. The number of methoxy groups -OCH3 is 1. The van der Waals surface area contributed by atoms with Gasteiger partial charge in [-0.1, -0.05) is 109 Å². The Labute approximate surface area is 352 Å². The molecule has 2 aromatic heterocycles. The molecule has 57 heavy (non-hydrogen) atoms. The third-order valence-corrected chi connectivity index (χ3v) is 11.9. The maximum absolute atomic E-state index is 6.28. The summed E-state index contributed by atoms with van der Waals surface area (Å²) in [4.78, 5) is 0. The van der Waals surface area contributed by atoms with Gasteiger partial charge in [-0.2, -0.15) is 10.2 Å². The van der Waals surface area contributed by atoms with Gasteiger partial charge in [-0.15, -0.1) is 24.8 Å². The van der Waals surface area contributed by atoms with Crippen LogP contribution in [0.4, 0.5) is 0 Å². The maximum atomic E-state index is 6.28. The summed E-state index contributed by atoms with van der Waals surface area (Å²) in [6, 6.07) is 43.6. The fourth-order valence-corrected chi connectivity index (χ4v) is 8.73. The van der Waals surface area contributed by atoms with Gasteiger partial charge in [0, 0.05) is 39.4 Å². The van der Waals surface area contributed by atoms with E-state index in [1.54, 1.807) is 7.11 Å². The van der Waals surface area contributed by atoms with Crippen molar-refractivity contribution in [2.75, 3.05) is 33.3 Å². The number of hydrogen-bond acceptors (Lipinski definition) is 5. The van der Waals surface area contributed by atoms with Crippen LogP contribution in [0.1, 0.15) is 47.9 Å². The molecule has 0 atom stereocenters. The largest absolute Gasteiger partial charge is 0.497 e. The van der Waals surface area contributed by atoms with E-state index in [9.17, 15) is 0 Å². The number of ether oxygens (including phenoxy) is 1. The van der Waals surface area contributed by atoms with Crippen molar-refractivity contribution in [3.05, 3.63) is 173 Å². The van der Waals surface area contributed by atoms with Crippen molar-refractivity contribution in [2.45, 2.75) is 36.5 Å². The van der Waals surface area contributed by atoms with Crippen LogP contribution in [0.2, 0.25) is 5.02 Å². The lowest BCUT2D eigenvalue weighted by atomic mass is 9.68. The molecule has 10 heteroatoms. The van der Waals surface area contributed by atoms with Crippen LogP contribution in [0, 0.1) is 0 Å². The summed E-state index contributed by atoms with van der Waals surface area (Å²) in [6.07, 6.45) is 11.9. The molecule has 0 unspecified atom stereocenters. The Morgan fingerprint density at radius 2 is 0.930 bits per heavy atom. The van der Waals surface area contributed by atoms with Gasteiger partial charge >= 0.3 is 0 Å². The number of nitrogens with zero attached hydrogens (tertiary/aromatic N) is 2. The zero-order valence-corrected chi connectivity index (χ0v) is 34.4. The minimum Gasteiger partial charge on any atom is -0.497 e. The first-order valence-corrected chi connectivity index (χ1v) is 19.6. The van der Waals surface area contributed by atoms with E-state index in [-0.39, 0.29) is 35.6 Å². The number of aromatic nitrogens is 4. The van der Waals surface area contributed by atoms with Crippen LogP contribution in [0.5, 0.6) is 5.75 Å². The van der Waals surface area contributed by atoms with Crippen LogP contribution in [0.15, 0.2) is 146 Å². The molecule has 294 valence electrons. The fourth-order valence-electron chi connectivity index (χ4n) is 8.54. The Balaban J connectivity index is 0.000000192. The van der Waals surface area contributed by atoms with Crippen LogP contribution < -0.4 is 15.4 Å². The van der Waals surface area contributed by atoms with E-state index in [0.29, 0.717) is 0 Å². The van der Waals surface area contributed by atoms with Crippen molar-refractivity contribution < 1.29 is 4.74 Å². The third-order valence-electron chi connectivity index (χ3n) is 11.7. The van der Waals surface area contributed by atoms with Crippen molar-refractivity contribution in [1.29, 1.82) is 0 Å². The molecule has 7 aromatic rings. The lowest BCUT2D eigenvalue weighted by Crippen LogP contribution is -2.40. The van der Waals surface area contributed by atoms with Crippen molar-refractivity contribution in [3.8, 4) is 39.1 Å². The predicted octanol–water partition coefficient (Wildman–Crippen LogP) is 10.7. The molecule has 0 saturated carbocycles. The maximum Gasteiger partial charge on any atom is 0.118 e. The molecule has 2 saturated heterocycles. The molecule has 0 spiro atoms. The summed E-state index contributed by atoms with van der Waals surface area (Å²) in [5.41, 5.74) is 12.5. The Bertz CT molecular complexity index is 2260. The zero-order chi connectivity index (χ0) is 37.5. The Morgan fingerprint density at radius 1 is 0.491 bits per heavy atom. The van der Waals surface area contributed by atoms with Gasteiger partial charge in [0.15, 0.2) is 0 Å². The SMILES string of the molecule is COc1ccc(-c2cccc(C3(c4ccc(-c5cn[nH]c5)cc4)CCNCC3)c2)cc1.Cl.Cl.Clc1cccc(C2(c3ccc(-c4cn[nH]c4)cc3)CCNCC2)c1. The van der Waals surface area contributed by atoms with E-state index < -0.39 is 0 Å². The molecule has 9 rings (SSSR count). The number of aromatic amines is 2. The van der Waals surface area contributed by atoms with Crippen molar-refractivity contribution in [2.24, 2.45) is 0 Å². The first kappa shape index (κ1) is 41.7. The van der Waals surface area contributed by atoms with Crippen LogP contribution in [0.3, 0.4) is 0 Å². The molecule has 4 heterocycles. The molecular formula is C47H49Cl3N6O. The molecule has 4 N–H and O–H groups in total. The summed E-state index contributed by atoms with van der Waals surface area (Å²) in [6.45, 7) is 4.10. The lowest BCUT2D eigenvalue weighted by Gasteiger charge is -2.39. The molecule has 0 bridgehead atoms. The van der Waals surface area contributed by atoms with Crippen LogP contribution in [0.25, 0.3) is 33.4 Å². The molecular weight excluding hydrogens is 771 g/mol. The quantitative estimate of drug-likeness (QED) is 0.123. The van der Waals surface area contributed by atoms with Crippen molar-refractivity contribution in [3.63, 3.8) is 0 Å². The Kier molecular flexibility index (Phi) is 13.9. The van der Waals surface area contributed by atoms with Gasteiger partial charge in [-0.25, -0.2) is 0 Å². The number of hydrogen-bond donors (Lipinski definition) is 4. The molecule has 2 fully saturated rings. The number of piperidine rings is 2. The first-order valence-electron chi connectivity index (χ1n) is 19.2. The number of benzene rings is 5. The second-order valence-corrected chi connectivity index (χ2v) is 15.0. The van der Waals surface area contributed by atoms with Gasteiger partial charge in [0.2, 0.25) is 0 Å². The summed E-state index contributed by atoms with van der Waals surface area (Å²) in [5.74, 6) is 0.882. The number of H-pyrrole nitrogens is 2. The van der Waals surface area contributed by atoms with Gasteiger partial charge in [0.1, 0.15) is 5.75 Å². The smallest absolute Gasteiger partial charge is 0.118 e. The Hall–Kier alpha value is -4.89. The highest BCUT2D eigenvalue weighted by Gasteiger charge is 2.37. The number of halogens is 3. The molecule has 2 aliphatic rings.